The average molecular weight is 290 g/mol. The molecule has 0 aliphatic carbocycles. The van der Waals surface area contributed by atoms with Crippen LogP contribution in [0.5, 0.6) is 0 Å². The molecule has 0 aliphatic heterocycles. The minimum atomic E-state index is 0.0379. The normalized spacial score (nSPS) is 10.8. The fraction of sp³-hybridized carbons (Fsp3) is 0.357. The van der Waals surface area contributed by atoms with Gasteiger partial charge in [0.15, 0.2) is 5.13 Å². The van der Waals surface area contributed by atoms with Crippen molar-refractivity contribution in [2.45, 2.75) is 32.9 Å². The summed E-state index contributed by atoms with van der Waals surface area (Å²) < 4.78 is 0. The summed E-state index contributed by atoms with van der Waals surface area (Å²) in [6, 6.07) is 5.82. The first kappa shape index (κ1) is 14.5. The van der Waals surface area contributed by atoms with Crippen LogP contribution < -0.4 is 5.73 Å². The largest absolute Gasteiger partial charge is 0.375 e. The Balaban J connectivity index is 2.06. The molecular formula is C14H18N4OS. The van der Waals surface area contributed by atoms with Gasteiger partial charge in [-0.2, -0.15) is 0 Å². The zero-order valence-electron chi connectivity index (χ0n) is 11.6. The summed E-state index contributed by atoms with van der Waals surface area (Å²) in [6.07, 6.45) is 2.01. The summed E-state index contributed by atoms with van der Waals surface area (Å²) >= 11 is 1.35. The molecule has 1 amide bonds. The van der Waals surface area contributed by atoms with Gasteiger partial charge in [-0.3, -0.25) is 9.78 Å². The van der Waals surface area contributed by atoms with Crippen molar-refractivity contribution >= 4 is 22.4 Å². The lowest BCUT2D eigenvalue weighted by molar-refractivity contribution is -0.132. The number of carbonyl (C=O) groups excluding carboxylic acids is 1. The topological polar surface area (TPSA) is 72.1 Å². The minimum Gasteiger partial charge on any atom is -0.375 e. The van der Waals surface area contributed by atoms with Crippen LogP contribution in [0.1, 0.15) is 25.2 Å². The van der Waals surface area contributed by atoms with Crippen LogP contribution in [-0.2, 0) is 17.8 Å². The fourth-order valence-electron chi connectivity index (χ4n) is 1.89. The lowest BCUT2D eigenvalue weighted by atomic mass is 10.2. The molecule has 6 heteroatoms. The van der Waals surface area contributed by atoms with Gasteiger partial charge in [0.25, 0.3) is 0 Å². The number of pyridine rings is 1. The highest BCUT2D eigenvalue weighted by Crippen LogP contribution is 2.14. The van der Waals surface area contributed by atoms with Crippen molar-refractivity contribution in [3.63, 3.8) is 0 Å². The number of carbonyl (C=O) groups is 1. The SMILES string of the molecule is CC(C)N(Cc1ccccn1)C(=O)Cc1csc(N)n1. The van der Waals surface area contributed by atoms with E-state index in [4.69, 9.17) is 5.73 Å². The van der Waals surface area contributed by atoms with Gasteiger partial charge < -0.3 is 10.6 Å². The third kappa shape index (κ3) is 3.77. The van der Waals surface area contributed by atoms with Gasteiger partial charge in [-0.15, -0.1) is 11.3 Å². The molecular weight excluding hydrogens is 272 g/mol. The Bertz CT molecular complexity index is 568. The molecule has 0 saturated heterocycles. The fourth-order valence-corrected chi connectivity index (χ4v) is 2.45. The average Bonchev–Trinajstić information content (AvgIpc) is 2.82. The van der Waals surface area contributed by atoms with Crippen LogP contribution in [0, 0.1) is 0 Å². The lowest BCUT2D eigenvalue weighted by Gasteiger charge is -2.26. The smallest absolute Gasteiger partial charge is 0.229 e. The van der Waals surface area contributed by atoms with Gasteiger partial charge in [-0.25, -0.2) is 4.98 Å². The van der Waals surface area contributed by atoms with Crippen LogP contribution in [0.2, 0.25) is 0 Å². The van der Waals surface area contributed by atoms with Gasteiger partial charge in [0.1, 0.15) is 0 Å². The van der Waals surface area contributed by atoms with Crippen molar-refractivity contribution in [2.75, 3.05) is 5.73 Å². The summed E-state index contributed by atoms with van der Waals surface area (Å²) in [5.41, 5.74) is 7.19. The molecule has 0 unspecified atom stereocenters. The molecule has 0 bridgehead atoms. The number of amides is 1. The van der Waals surface area contributed by atoms with E-state index in [0.29, 0.717) is 11.7 Å². The number of anilines is 1. The first-order chi connectivity index (χ1) is 9.56. The van der Waals surface area contributed by atoms with Crippen molar-refractivity contribution in [1.29, 1.82) is 0 Å². The van der Waals surface area contributed by atoms with Gasteiger partial charge in [-0.1, -0.05) is 6.07 Å². The highest BCUT2D eigenvalue weighted by molar-refractivity contribution is 7.13. The number of hydrogen-bond acceptors (Lipinski definition) is 5. The summed E-state index contributed by atoms with van der Waals surface area (Å²) in [4.78, 5) is 22.6. The van der Waals surface area contributed by atoms with E-state index < -0.39 is 0 Å². The van der Waals surface area contributed by atoms with E-state index in [-0.39, 0.29) is 18.4 Å². The summed E-state index contributed by atoms with van der Waals surface area (Å²) in [6.45, 7) is 4.50. The Labute approximate surface area is 122 Å². The number of nitrogens with two attached hydrogens (primary N) is 1. The van der Waals surface area contributed by atoms with Crippen molar-refractivity contribution in [1.82, 2.24) is 14.9 Å². The molecule has 2 N–H and O–H groups in total. The first-order valence-electron chi connectivity index (χ1n) is 6.45. The van der Waals surface area contributed by atoms with E-state index in [1.165, 1.54) is 11.3 Å². The maximum absolute atomic E-state index is 12.4. The van der Waals surface area contributed by atoms with Gasteiger partial charge in [0.2, 0.25) is 5.91 Å². The maximum atomic E-state index is 12.4. The Morgan fingerprint density at radius 3 is 2.75 bits per heavy atom. The molecule has 0 saturated carbocycles. The molecule has 0 atom stereocenters. The molecule has 2 rings (SSSR count). The number of aromatic nitrogens is 2. The number of nitrogens with zero attached hydrogens (tertiary/aromatic N) is 3. The van der Waals surface area contributed by atoms with Crippen LogP contribution in [0.25, 0.3) is 0 Å². The number of nitrogen functional groups attached to an aromatic ring is 1. The standard InChI is InChI=1S/C14H18N4OS/c1-10(2)18(8-11-5-3-4-6-16-11)13(19)7-12-9-20-14(15)17-12/h3-6,9-10H,7-8H2,1-2H3,(H2,15,17). The third-order valence-electron chi connectivity index (χ3n) is 2.90. The van der Waals surface area contributed by atoms with Crippen LogP contribution in [0.15, 0.2) is 29.8 Å². The molecule has 0 fully saturated rings. The Morgan fingerprint density at radius 2 is 2.20 bits per heavy atom. The van der Waals surface area contributed by atoms with E-state index >= 15 is 0 Å². The van der Waals surface area contributed by atoms with E-state index in [1.54, 1.807) is 11.1 Å². The molecule has 0 spiro atoms. The van der Waals surface area contributed by atoms with Crippen LogP contribution in [-0.4, -0.2) is 26.8 Å². The zero-order valence-corrected chi connectivity index (χ0v) is 12.4. The van der Waals surface area contributed by atoms with E-state index in [2.05, 4.69) is 9.97 Å². The first-order valence-corrected chi connectivity index (χ1v) is 7.33. The second-order valence-electron chi connectivity index (χ2n) is 4.79. The molecule has 2 aromatic heterocycles. The van der Waals surface area contributed by atoms with Gasteiger partial charge in [-0.05, 0) is 26.0 Å². The zero-order chi connectivity index (χ0) is 14.5. The van der Waals surface area contributed by atoms with Crippen molar-refractivity contribution in [3.05, 3.63) is 41.2 Å². The molecule has 2 heterocycles. The second kappa shape index (κ2) is 6.47. The highest BCUT2D eigenvalue weighted by atomic mass is 32.1. The Kier molecular flexibility index (Phi) is 4.68. The monoisotopic (exact) mass is 290 g/mol. The predicted molar refractivity (Wildman–Crippen MR) is 80.2 cm³/mol. The quantitative estimate of drug-likeness (QED) is 0.915. The lowest BCUT2D eigenvalue weighted by Crippen LogP contribution is -2.37. The van der Waals surface area contributed by atoms with Gasteiger partial charge in [0.05, 0.1) is 24.4 Å². The number of thiazole rings is 1. The summed E-state index contributed by atoms with van der Waals surface area (Å²) in [5, 5.41) is 2.32. The number of hydrogen-bond donors (Lipinski definition) is 1. The highest BCUT2D eigenvalue weighted by Gasteiger charge is 2.19. The maximum Gasteiger partial charge on any atom is 0.229 e. The Hall–Kier alpha value is -1.95. The summed E-state index contributed by atoms with van der Waals surface area (Å²) in [5.74, 6) is 0.0379. The van der Waals surface area contributed by atoms with Gasteiger partial charge in [0, 0.05) is 17.6 Å². The molecule has 2 aromatic rings. The van der Waals surface area contributed by atoms with E-state index in [1.807, 2.05) is 37.4 Å². The van der Waals surface area contributed by atoms with Crippen LogP contribution >= 0.6 is 11.3 Å². The van der Waals surface area contributed by atoms with Crippen molar-refractivity contribution in [2.24, 2.45) is 0 Å². The Morgan fingerprint density at radius 1 is 1.40 bits per heavy atom. The van der Waals surface area contributed by atoms with E-state index in [9.17, 15) is 4.79 Å². The van der Waals surface area contributed by atoms with Crippen LogP contribution in [0.3, 0.4) is 0 Å². The van der Waals surface area contributed by atoms with Crippen molar-refractivity contribution < 1.29 is 4.79 Å². The molecule has 0 radical (unpaired) electrons. The van der Waals surface area contributed by atoms with Crippen LogP contribution in [0.4, 0.5) is 5.13 Å². The molecule has 106 valence electrons. The predicted octanol–water partition coefficient (Wildman–Crippen LogP) is 2.10. The van der Waals surface area contributed by atoms with Crippen molar-refractivity contribution in [3.8, 4) is 0 Å². The second-order valence-corrected chi connectivity index (χ2v) is 5.68. The third-order valence-corrected chi connectivity index (χ3v) is 3.63. The molecule has 5 nitrogen and oxygen atoms in total. The molecule has 0 aliphatic rings. The summed E-state index contributed by atoms with van der Waals surface area (Å²) in [7, 11) is 0. The number of rotatable bonds is 5. The van der Waals surface area contributed by atoms with E-state index in [0.717, 1.165) is 11.4 Å². The van der Waals surface area contributed by atoms with Gasteiger partial charge >= 0.3 is 0 Å². The molecule has 20 heavy (non-hydrogen) atoms. The minimum absolute atomic E-state index is 0.0379. The molecule has 0 aromatic carbocycles.